The second-order valence-electron chi connectivity index (χ2n) is 7.30. The Balaban J connectivity index is 1.58. The number of nitrogens with one attached hydrogen (secondary N) is 1. The van der Waals surface area contributed by atoms with Gasteiger partial charge in [-0.25, -0.2) is 17.5 Å². The number of methoxy groups -OCH3 is 1. The Morgan fingerprint density at radius 1 is 0.970 bits per heavy atom. The largest absolute Gasteiger partial charge is 0.495 e. The maximum Gasteiger partial charge on any atom is 0.261 e. The molecule has 1 aliphatic rings. The molecule has 4 rings (SSSR count). The van der Waals surface area contributed by atoms with E-state index in [2.05, 4.69) is 4.72 Å². The number of nitrogens with zero attached hydrogens (tertiary/aromatic N) is 1. The molecule has 0 saturated carbocycles. The number of halogens is 2. The zero-order valence-corrected chi connectivity index (χ0v) is 18.9. The molecule has 0 atom stereocenters. The van der Waals surface area contributed by atoms with Crippen molar-refractivity contribution in [2.24, 2.45) is 0 Å². The second-order valence-corrected chi connectivity index (χ2v) is 9.44. The zero-order valence-electron chi connectivity index (χ0n) is 17.3. The molecule has 7 nitrogen and oxygen atoms in total. The molecule has 0 saturated heterocycles. The molecule has 1 heterocycles. The molecular formula is C23H18ClFN2O5S. The first-order valence-electron chi connectivity index (χ1n) is 9.77. The van der Waals surface area contributed by atoms with E-state index in [-0.39, 0.29) is 28.8 Å². The summed E-state index contributed by atoms with van der Waals surface area (Å²) in [6.45, 7) is -0.236. The van der Waals surface area contributed by atoms with Gasteiger partial charge in [-0.1, -0.05) is 35.9 Å². The van der Waals surface area contributed by atoms with E-state index in [0.29, 0.717) is 22.3 Å². The lowest BCUT2D eigenvalue weighted by molar-refractivity contribution is 0.0642. The monoisotopic (exact) mass is 488 g/mol. The normalized spacial score (nSPS) is 13.4. The quantitative estimate of drug-likeness (QED) is 0.511. The third-order valence-corrected chi connectivity index (χ3v) is 6.90. The minimum atomic E-state index is -4.06. The van der Waals surface area contributed by atoms with E-state index >= 15 is 0 Å². The average molecular weight is 489 g/mol. The van der Waals surface area contributed by atoms with Crippen LogP contribution in [0.3, 0.4) is 0 Å². The molecule has 33 heavy (non-hydrogen) atoms. The van der Waals surface area contributed by atoms with Gasteiger partial charge in [0.15, 0.2) is 0 Å². The number of rotatable bonds is 7. The Hall–Kier alpha value is -3.27. The van der Waals surface area contributed by atoms with Gasteiger partial charge in [0, 0.05) is 6.54 Å². The van der Waals surface area contributed by atoms with E-state index < -0.39 is 27.7 Å². The first kappa shape index (κ1) is 22.9. The molecule has 0 aliphatic carbocycles. The summed E-state index contributed by atoms with van der Waals surface area (Å²) in [5, 5.41) is -0.118. The molecule has 3 aromatic rings. The minimum Gasteiger partial charge on any atom is -0.495 e. The highest BCUT2D eigenvalue weighted by Gasteiger charge is 2.35. The fourth-order valence-corrected chi connectivity index (χ4v) is 4.94. The van der Waals surface area contributed by atoms with Crippen LogP contribution in [-0.4, -0.2) is 32.2 Å². The summed E-state index contributed by atoms with van der Waals surface area (Å²) >= 11 is 5.76. The van der Waals surface area contributed by atoms with Gasteiger partial charge in [0.25, 0.3) is 11.8 Å². The van der Waals surface area contributed by atoms with E-state index in [1.165, 1.54) is 31.4 Å². The maximum absolute atomic E-state index is 13.4. The molecule has 1 N–H and O–H groups in total. The van der Waals surface area contributed by atoms with E-state index in [4.69, 9.17) is 16.3 Å². The number of imide groups is 1. The van der Waals surface area contributed by atoms with Crippen molar-refractivity contribution in [3.63, 3.8) is 0 Å². The SMILES string of the molecule is COc1ccc(CN2C(=O)c3ccccc3C2=O)cc1S(=O)(=O)NCc1ccc(F)c(Cl)c1. The molecule has 2 amide bonds. The van der Waals surface area contributed by atoms with Crippen LogP contribution in [0.5, 0.6) is 5.75 Å². The third-order valence-electron chi connectivity index (χ3n) is 5.19. The first-order valence-corrected chi connectivity index (χ1v) is 11.6. The van der Waals surface area contributed by atoms with Crippen molar-refractivity contribution in [2.75, 3.05) is 7.11 Å². The van der Waals surface area contributed by atoms with Crippen LogP contribution in [0.25, 0.3) is 0 Å². The molecule has 0 fully saturated rings. The Morgan fingerprint density at radius 2 is 1.61 bits per heavy atom. The van der Waals surface area contributed by atoms with Gasteiger partial charge in [0.2, 0.25) is 10.0 Å². The van der Waals surface area contributed by atoms with Gasteiger partial charge in [0.05, 0.1) is 29.8 Å². The highest BCUT2D eigenvalue weighted by molar-refractivity contribution is 7.89. The van der Waals surface area contributed by atoms with Crippen LogP contribution in [0.15, 0.2) is 65.6 Å². The predicted octanol–water partition coefficient (Wildman–Crippen LogP) is 3.76. The van der Waals surface area contributed by atoms with Gasteiger partial charge in [-0.15, -0.1) is 0 Å². The van der Waals surface area contributed by atoms with E-state index in [1.807, 2.05) is 0 Å². The van der Waals surface area contributed by atoms with E-state index in [1.54, 1.807) is 30.3 Å². The van der Waals surface area contributed by atoms with Gasteiger partial charge < -0.3 is 4.74 Å². The van der Waals surface area contributed by atoms with Gasteiger partial charge in [-0.2, -0.15) is 0 Å². The topological polar surface area (TPSA) is 92.8 Å². The van der Waals surface area contributed by atoms with Crippen molar-refractivity contribution in [2.45, 2.75) is 18.0 Å². The van der Waals surface area contributed by atoms with Crippen molar-refractivity contribution in [3.8, 4) is 5.75 Å². The summed E-state index contributed by atoms with van der Waals surface area (Å²) in [4.78, 5) is 26.2. The zero-order chi connectivity index (χ0) is 23.8. The fraction of sp³-hybridized carbons (Fsp3) is 0.130. The highest BCUT2D eigenvalue weighted by Crippen LogP contribution is 2.28. The summed E-state index contributed by atoms with van der Waals surface area (Å²) in [5.74, 6) is -1.40. The van der Waals surface area contributed by atoms with Crippen molar-refractivity contribution in [3.05, 3.63) is 93.8 Å². The molecule has 0 aromatic heterocycles. The third kappa shape index (κ3) is 4.47. The smallest absolute Gasteiger partial charge is 0.261 e. The van der Waals surface area contributed by atoms with Crippen molar-refractivity contribution in [1.29, 1.82) is 0 Å². The Bertz CT molecular complexity index is 1340. The van der Waals surface area contributed by atoms with Crippen molar-refractivity contribution >= 4 is 33.4 Å². The number of ether oxygens (including phenoxy) is 1. The standard InChI is InChI=1S/C23H18ClFN2O5S/c1-32-20-9-7-15(13-27-22(28)16-4-2-3-5-17(16)23(27)29)11-21(20)33(30,31)26-12-14-6-8-19(25)18(24)10-14/h2-11,26H,12-13H2,1H3. The van der Waals surface area contributed by atoms with Gasteiger partial charge in [0.1, 0.15) is 16.5 Å². The van der Waals surface area contributed by atoms with Gasteiger partial charge in [-0.05, 0) is 47.5 Å². The number of sulfonamides is 1. The van der Waals surface area contributed by atoms with Crippen LogP contribution in [0.4, 0.5) is 4.39 Å². The fourth-order valence-electron chi connectivity index (χ4n) is 3.50. The summed E-state index contributed by atoms with van der Waals surface area (Å²) in [7, 11) is -2.73. The highest BCUT2D eigenvalue weighted by atomic mass is 35.5. The lowest BCUT2D eigenvalue weighted by atomic mass is 10.1. The van der Waals surface area contributed by atoms with E-state index in [9.17, 15) is 22.4 Å². The maximum atomic E-state index is 13.4. The molecule has 0 radical (unpaired) electrons. The number of carbonyl (C=O) groups is 2. The van der Waals surface area contributed by atoms with Crippen LogP contribution < -0.4 is 9.46 Å². The Labute approximate surface area is 194 Å². The summed E-state index contributed by atoms with van der Waals surface area (Å²) in [6, 6.07) is 14.8. The molecule has 3 aromatic carbocycles. The summed E-state index contributed by atoms with van der Waals surface area (Å²) < 4.78 is 47.0. The van der Waals surface area contributed by atoms with Crippen LogP contribution >= 0.6 is 11.6 Å². The molecule has 10 heteroatoms. The van der Waals surface area contributed by atoms with Crippen molar-refractivity contribution in [1.82, 2.24) is 9.62 Å². The van der Waals surface area contributed by atoms with Gasteiger partial charge in [-0.3, -0.25) is 14.5 Å². The number of amides is 2. The average Bonchev–Trinajstić information content (AvgIpc) is 3.05. The second kappa shape index (κ2) is 8.93. The first-order chi connectivity index (χ1) is 15.7. The summed E-state index contributed by atoms with van der Waals surface area (Å²) in [5.41, 5.74) is 1.51. The predicted molar refractivity (Wildman–Crippen MR) is 119 cm³/mol. The summed E-state index contributed by atoms with van der Waals surface area (Å²) in [6.07, 6.45) is 0. The van der Waals surface area contributed by atoms with Crippen LogP contribution in [0.1, 0.15) is 31.8 Å². The number of hydrogen-bond acceptors (Lipinski definition) is 5. The molecular weight excluding hydrogens is 471 g/mol. The lowest BCUT2D eigenvalue weighted by Crippen LogP contribution is -2.29. The number of benzene rings is 3. The minimum absolute atomic E-state index is 0.0887. The number of carbonyl (C=O) groups excluding carboxylic acids is 2. The molecule has 0 unspecified atom stereocenters. The van der Waals surface area contributed by atoms with Crippen LogP contribution in [-0.2, 0) is 23.1 Å². The van der Waals surface area contributed by atoms with E-state index in [0.717, 1.165) is 11.0 Å². The molecule has 170 valence electrons. The van der Waals surface area contributed by atoms with Crippen molar-refractivity contribution < 1.29 is 27.1 Å². The van der Waals surface area contributed by atoms with Crippen LogP contribution in [0, 0.1) is 5.82 Å². The Morgan fingerprint density at radius 3 is 2.21 bits per heavy atom. The van der Waals surface area contributed by atoms with Crippen LogP contribution in [0.2, 0.25) is 5.02 Å². The molecule has 1 aliphatic heterocycles. The number of hydrogen-bond donors (Lipinski definition) is 1. The Kier molecular flexibility index (Phi) is 6.20. The number of fused-ring (bicyclic) bond motifs is 1. The molecule has 0 spiro atoms. The van der Waals surface area contributed by atoms with Gasteiger partial charge >= 0.3 is 0 Å². The molecule has 0 bridgehead atoms. The lowest BCUT2D eigenvalue weighted by Gasteiger charge is -2.16.